The number of rotatable bonds is 13. The van der Waals surface area contributed by atoms with E-state index in [0.29, 0.717) is 38.8 Å². The van der Waals surface area contributed by atoms with Crippen molar-refractivity contribution in [1.82, 2.24) is 16.0 Å². The SMILES string of the molecule is COc1cccc(CN[C@@H](CCCNC(=O)OCc2ccccc2)C(=O)N[C@H]2CCC[C@H]2C(=O)O)c1. The van der Waals surface area contributed by atoms with Crippen molar-refractivity contribution in [3.05, 3.63) is 65.7 Å². The Balaban J connectivity index is 1.51. The van der Waals surface area contributed by atoms with E-state index in [0.717, 1.165) is 23.3 Å². The Kier molecular flexibility index (Phi) is 10.6. The van der Waals surface area contributed by atoms with Gasteiger partial charge in [0.05, 0.1) is 19.1 Å². The molecule has 194 valence electrons. The number of carbonyl (C=O) groups is 3. The minimum atomic E-state index is -0.878. The number of hydrogen-bond acceptors (Lipinski definition) is 6. The number of aliphatic carboxylic acids is 1. The second-order valence-corrected chi connectivity index (χ2v) is 8.91. The quantitative estimate of drug-likeness (QED) is 0.313. The van der Waals surface area contributed by atoms with E-state index in [1.165, 1.54) is 0 Å². The Morgan fingerprint density at radius 3 is 2.58 bits per heavy atom. The van der Waals surface area contributed by atoms with E-state index >= 15 is 0 Å². The number of amides is 2. The molecule has 3 rings (SSSR count). The lowest BCUT2D eigenvalue weighted by molar-refractivity contribution is -0.142. The first kappa shape index (κ1) is 27.0. The van der Waals surface area contributed by atoms with Crippen LogP contribution in [0, 0.1) is 5.92 Å². The molecule has 4 N–H and O–H groups in total. The van der Waals surface area contributed by atoms with Gasteiger partial charge in [-0.1, -0.05) is 48.9 Å². The Morgan fingerprint density at radius 1 is 1.06 bits per heavy atom. The average Bonchev–Trinajstić information content (AvgIpc) is 3.36. The molecule has 36 heavy (non-hydrogen) atoms. The normalized spacial score (nSPS) is 17.7. The third-order valence-corrected chi connectivity index (χ3v) is 6.32. The van der Waals surface area contributed by atoms with E-state index in [4.69, 9.17) is 9.47 Å². The third kappa shape index (κ3) is 8.57. The number of ether oxygens (including phenoxy) is 2. The summed E-state index contributed by atoms with van der Waals surface area (Å²) >= 11 is 0. The zero-order chi connectivity index (χ0) is 25.8. The molecule has 0 saturated heterocycles. The Morgan fingerprint density at radius 2 is 1.83 bits per heavy atom. The molecule has 3 atom stereocenters. The van der Waals surface area contributed by atoms with E-state index in [9.17, 15) is 19.5 Å². The van der Waals surface area contributed by atoms with Crippen LogP contribution < -0.4 is 20.7 Å². The molecule has 1 fully saturated rings. The number of benzene rings is 2. The number of carboxylic acid groups (broad SMARTS) is 1. The fourth-order valence-corrected chi connectivity index (χ4v) is 4.33. The minimum Gasteiger partial charge on any atom is -0.497 e. The maximum Gasteiger partial charge on any atom is 0.407 e. The van der Waals surface area contributed by atoms with Gasteiger partial charge in [0.15, 0.2) is 0 Å². The molecule has 2 aromatic rings. The summed E-state index contributed by atoms with van der Waals surface area (Å²) in [7, 11) is 1.60. The summed E-state index contributed by atoms with van der Waals surface area (Å²) in [6, 6.07) is 16.1. The van der Waals surface area contributed by atoms with Gasteiger partial charge in [-0.05, 0) is 48.9 Å². The van der Waals surface area contributed by atoms with Crippen molar-refractivity contribution in [3.63, 3.8) is 0 Å². The van der Waals surface area contributed by atoms with Crippen LogP contribution in [0.5, 0.6) is 5.75 Å². The summed E-state index contributed by atoms with van der Waals surface area (Å²) in [5, 5.41) is 18.4. The van der Waals surface area contributed by atoms with Gasteiger partial charge in [-0.3, -0.25) is 9.59 Å². The van der Waals surface area contributed by atoms with Crippen molar-refractivity contribution in [3.8, 4) is 5.75 Å². The third-order valence-electron chi connectivity index (χ3n) is 6.32. The molecule has 0 aromatic heterocycles. The van der Waals surface area contributed by atoms with Gasteiger partial charge in [0.2, 0.25) is 5.91 Å². The van der Waals surface area contributed by atoms with Gasteiger partial charge in [0.25, 0.3) is 0 Å². The smallest absolute Gasteiger partial charge is 0.407 e. The Labute approximate surface area is 211 Å². The minimum absolute atomic E-state index is 0.186. The van der Waals surface area contributed by atoms with E-state index in [1.807, 2.05) is 54.6 Å². The van der Waals surface area contributed by atoms with E-state index in [-0.39, 0.29) is 18.6 Å². The molecule has 9 heteroatoms. The van der Waals surface area contributed by atoms with Crippen LogP contribution in [-0.2, 0) is 27.5 Å². The van der Waals surface area contributed by atoms with Gasteiger partial charge in [0, 0.05) is 19.1 Å². The van der Waals surface area contributed by atoms with Crippen LogP contribution in [-0.4, -0.2) is 48.8 Å². The Bertz CT molecular complexity index is 1000. The second kappa shape index (κ2) is 14.1. The van der Waals surface area contributed by atoms with Crippen molar-refractivity contribution in [1.29, 1.82) is 0 Å². The molecule has 9 nitrogen and oxygen atoms in total. The summed E-state index contributed by atoms with van der Waals surface area (Å²) in [6.45, 7) is 0.972. The van der Waals surface area contributed by atoms with E-state index < -0.39 is 24.0 Å². The van der Waals surface area contributed by atoms with Crippen LogP contribution in [0.2, 0.25) is 0 Å². The van der Waals surface area contributed by atoms with Gasteiger partial charge in [-0.15, -0.1) is 0 Å². The van der Waals surface area contributed by atoms with Crippen LogP contribution in [0.4, 0.5) is 4.79 Å². The summed E-state index contributed by atoms with van der Waals surface area (Å²) < 4.78 is 10.5. The predicted molar refractivity (Wildman–Crippen MR) is 134 cm³/mol. The molecular formula is C27H35N3O6. The Hall–Kier alpha value is -3.59. The number of methoxy groups -OCH3 is 1. The molecule has 1 aliphatic rings. The first-order valence-electron chi connectivity index (χ1n) is 12.3. The highest BCUT2D eigenvalue weighted by atomic mass is 16.5. The summed E-state index contributed by atoms with van der Waals surface area (Å²) in [4.78, 5) is 36.6. The number of carboxylic acids is 1. The van der Waals surface area contributed by atoms with E-state index in [1.54, 1.807) is 7.11 Å². The number of alkyl carbamates (subject to hydrolysis) is 1. The molecule has 0 bridgehead atoms. The fourth-order valence-electron chi connectivity index (χ4n) is 4.33. The molecule has 1 aliphatic carbocycles. The molecule has 2 amide bonds. The summed E-state index contributed by atoms with van der Waals surface area (Å²) in [5.41, 5.74) is 1.86. The number of nitrogens with one attached hydrogen (secondary N) is 3. The molecule has 0 spiro atoms. The highest BCUT2D eigenvalue weighted by Crippen LogP contribution is 2.26. The average molecular weight is 498 g/mol. The van der Waals surface area contributed by atoms with Crippen molar-refractivity contribution < 1.29 is 29.0 Å². The highest BCUT2D eigenvalue weighted by molar-refractivity contribution is 5.83. The molecule has 0 heterocycles. The van der Waals surface area contributed by atoms with Crippen LogP contribution in [0.3, 0.4) is 0 Å². The lowest BCUT2D eigenvalue weighted by Gasteiger charge is -2.23. The molecular weight excluding hydrogens is 462 g/mol. The first-order valence-corrected chi connectivity index (χ1v) is 12.3. The largest absolute Gasteiger partial charge is 0.497 e. The van der Waals surface area contributed by atoms with Gasteiger partial charge in [0.1, 0.15) is 12.4 Å². The second-order valence-electron chi connectivity index (χ2n) is 8.91. The topological polar surface area (TPSA) is 126 Å². The molecule has 0 aliphatic heterocycles. The maximum absolute atomic E-state index is 13.1. The van der Waals surface area contributed by atoms with Crippen LogP contribution in [0.15, 0.2) is 54.6 Å². The summed E-state index contributed by atoms with van der Waals surface area (Å²) in [5.74, 6) is -0.947. The zero-order valence-electron chi connectivity index (χ0n) is 20.6. The van der Waals surface area contributed by atoms with Crippen molar-refractivity contribution in [2.45, 2.75) is 57.3 Å². The number of hydrogen-bond donors (Lipinski definition) is 4. The summed E-state index contributed by atoms with van der Waals surface area (Å²) in [6.07, 6.45) is 2.48. The van der Waals surface area contributed by atoms with Crippen molar-refractivity contribution in [2.24, 2.45) is 5.92 Å². The predicted octanol–water partition coefficient (Wildman–Crippen LogP) is 3.23. The molecule has 2 aromatic carbocycles. The van der Waals surface area contributed by atoms with E-state index in [2.05, 4.69) is 16.0 Å². The monoisotopic (exact) mass is 497 g/mol. The number of carbonyl (C=O) groups excluding carboxylic acids is 2. The van der Waals surface area contributed by atoms with Gasteiger partial charge < -0.3 is 30.5 Å². The van der Waals surface area contributed by atoms with Crippen molar-refractivity contribution >= 4 is 18.0 Å². The van der Waals surface area contributed by atoms with Crippen LogP contribution >= 0.6 is 0 Å². The van der Waals surface area contributed by atoms with Crippen molar-refractivity contribution in [2.75, 3.05) is 13.7 Å². The van der Waals surface area contributed by atoms with Crippen LogP contribution in [0.1, 0.15) is 43.2 Å². The maximum atomic E-state index is 13.1. The molecule has 0 unspecified atom stereocenters. The molecule has 0 radical (unpaired) electrons. The zero-order valence-corrected chi connectivity index (χ0v) is 20.6. The lowest BCUT2D eigenvalue weighted by Crippen LogP contribution is -2.49. The highest BCUT2D eigenvalue weighted by Gasteiger charge is 2.35. The van der Waals surface area contributed by atoms with Gasteiger partial charge in [-0.2, -0.15) is 0 Å². The van der Waals surface area contributed by atoms with Gasteiger partial charge in [-0.25, -0.2) is 4.79 Å². The first-order chi connectivity index (χ1) is 17.5. The standard InChI is InChI=1S/C27H35N3O6/c1-35-21-11-5-10-20(16-21)17-29-24(25(31)30-23-13-6-12-22(23)26(32)33)14-7-15-28-27(34)36-18-19-8-3-2-4-9-19/h2-5,8-11,16,22-24,29H,6-7,12-15,17-18H2,1H3,(H,28,34)(H,30,31)(H,32,33)/t22-,23+,24+/m1/s1. The van der Waals surface area contributed by atoms with Crippen LogP contribution in [0.25, 0.3) is 0 Å². The lowest BCUT2D eigenvalue weighted by atomic mass is 10.0. The van der Waals surface area contributed by atoms with Gasteiger partial charge >= 0.3 is 12.1 Å². The fraction of sp³-hybridized carbons (Fsp3) is 0.444. The molecule has 1 saturated carbocycles.